The first-order valence-electron chi connectivity index (χ1n) is 11.8. The third-order valence-corrected chi connectivity index (χ3v) is 5.50. The number of benzene rings is 1. The number of aromatic amines is 1. The average Bonchev–Trinajstić information content (AvgIpc) is 3.19. The number of nitriles is 2. The highest BCUT2D eigenvalue weighted by atomic mass is 16.2. The number of para-hydroxylation sites is 1. The first kappa shape index (κ1) is 28.2. The Hall–Kier alpha value is -4.05. The van der Waals surface area contributed by atoms with E-state index in [0.717, 1.165) is 5.52 Å². The van der Waals surface area contributed by atoms with Crippen LogP contribution in [0, 0.1) is 28.1 Å². The molecule has 1 unspecified atom stereocenters. The van der Waals surface area contributed by atoms with Crippen molar-refractivity contribution in [3.63, 3.8) is 0 Å². The zero-order chi connectivity index (χ0) is 27.0. The third-order valence-electron chi connectivity index (χ3n) is 5.50. The van der Waals surface area contributed by atoms with Crippen LogP contribution < -0.4 is 21.3 Å². The van der Waals surface area contributed by atoms with E-state index in [0.29, 0.717) is 17.4 Å². The topological polar surface area (TPSA) is 163 Å². The summed E-state index contributed by atoms with van der Waals surface area (Å²) in [5, 5.41) is 29.6. The maximum Gasteiger partial charge on any atom is 0.316 e. The SMILES string of the molecule is CC(C)(C)CC(C)(C)NC(=O)NC(CNC(=O)CC#N)(C(=O)NCCC#N)c1c[nH]c2ccccc12. The van der Waals surface area contributed by atoms with Crippen molar-refractivity contribution >= 4 is 28.7 Å². The number of aromatic nitrogens is 1. The quantitative estimate of drug-likeness (QED) is 0.321. The second-order valence-electron chi connectivity index (χ2n) is 10.6. The number of amides is 4. The number of carbonyl (C=O) groups excluding carboxylic acids is 3. The molecule has 0 aliphatic heterocycles. The lowest BCUT2D eigenvalue weighted by Gasteiger charge is -2.37. The van der Waals surface area contributed by atoms with E-state index in [1.165, 1.54) is 0 Å². The van der Waals surface area contributed by atoms with Gasteiger partial charge in [-0.05, 0) is 31.7 Å². The van der Waals surface area contributed by atoms with E-state index in [4.69, 9.17) is 10.5 Å². The molecular formula is C26H35N7O3. The average molecular weight is 494 g/mol. The Morgan fingerprint density at radius 3 is 2.31 bits per heavy atom. The van der Waals surface area contributed by atoms with Crippen LogP contribution in [0.4, 0.5) is 4.79 Å². The minimum atomic E-state index is -1.73. The third kappa shape index (κ3) is 7.47. The summed E-state index contributed by atoms with van der Waals surface area (Å²) in [7, 11) is 0. The molecule has 1 aromatic heterocycles. The molecule has 2 rings (SSSR count). The molecule has 0 aliphatic carbocycles. The van der Waals surface area contributed by atoms with Crippen molar-refractivity contribution in [2.75, 3.05) is 13.1 Å². The van der Waals surface area contributed by atoms with Gasteiger partial charge in [0.2, 0.25) is 5.91 Å². The number of hydrogen-bond acceptors (Lipinski definition) is 5. The van der Waals surface area contributed by atoms with Crippen LogP contribution in [-0.4, -0.2) is 41.5 Å². The number of nitrogens with one attached hydrogen (secondary N) is 5. The molecule has 10 nitrogen and oxygen atoms in total. The fraction of sp³-hybridized carbons (Fsp3) is 0.500. The zero-order valence-corrected chi connectivity index (χ0v) is 21.5. The van der Waals surface area contributed by atoms with Gasteiger partial charge in [0.25, 0.3) is 5.91 Å². The first-order valence-corrected chi connectivity index (χ1v) is 11.8. The summed E-state index contributed by atoms with van der Waals surface area (Å²) < 4.78 is 0. The second kappa shape index (κ2) is 11.6. The molecule has 36 heavy (non-hydrogen) atoms. The number of H-pyrrole nitrogens is 1. The molecule has 192 valence electrons. The van der Waals surface area contributed by atoms with Gasteiger partial charge in [-0.25, -0.2) is 4.79 Å². The Morgan fingerprint density at radius 2 is 1.67 bits per heavy atom. The molecule has 1 heterocycles. The molecule has 0 saturated heterocycles. The number of nitrogens with zero attached hydrogens (tertiary/aromatic N) is 2. The van der Waals surface area contributed by atoms with Crippen LogP contribution >= 0.6 is 0 Å². The summed E-state index contributed by atoms with van der Waals surface area (Å²) in [6, 6.07) is 10.4. The Bertz CT molecular complexity index is 1180. The number of rotatable bonds is 10. The van der Waals surface area contributed by atoms with E-state index in [1.54, 1.807) is 24.4 Å². The smallest absolute Gasteiger partial charge is 0.316 e. The van der Waals surface area contributed by atoms with Gasteiger partial charge in [-0.15, -0.1) is 0 Å². The van der Waals surface area contributed by atoms with Crippen molar-refractivity contribution in [2.24, 2.45) is 5.41 Å². The van der Waals surface area contributed by atoms with Gasteiger partial charge in [-0.1, -0.05) is 39.0 Å². The van der Waals surface area contributed by atoms with Crippen molar-refractivity contribution in [3.8, 4) is 12.1 Å². The van der Waals surface area contributed by atoms with Crippen molar-refractivity contribution in [1.29, 1.82) is 10.5 Å². The van der Waals surface area contributed by atoms with Crippen LogP contribution in [0.1, 0.15) is 59.4 Å². The van der Waals surface area contributed by atoms with Gasteiger partial charge in [0.1, 0.15) is 6.42 Å². The monoisotopic (exact) mass is 493 g/mol. The molecule has 4 amide bonds. The van der Waals surface area contributed by atoms with E-state index in [1.807, 2.05) is 32.0 Å². The van der Waals surface area contributed by atoms with Crippen molar-refractivity contribution < 1.29 is 14.4 Å². The molecule has 0 fully saturated rings. The van der Waals surface area contributed by atoms with Gasteiger partial charge >= 0.3 is 6.03 Å². The van der Waals surface area contributed by atoms with E-state index >= 15 is 0 Å². The summed E-state index contributed by atoms with van der Waals surface area (Å²) in [6.07, 6.45) is 1.96. The largest absolute Gasteiger partial charge is 0.361 e. The minimum Gasteiger partial charge on any atom is -0.361 e. The van der Waals surface area contributed by atoms with Crippen molar-refractivity contribution in [3.05, 3.63) is 36.0 Å². The summed E-state index contributed by atoms with van der Waals surface area (Å²) >= 11 is 0. The molecule has 0 spiro atoms. The number of fused-ring (bicyclic) bond motifs is 1. The van der Waals surface area contributed by atoms with Gasteiger partial charge in [-0.2, -0.15) is 10.5 Å². The number of hydrogen-bond donors (Lipinski definition) is 5. The summed E-state index contributed by atoms with van der Waals surface area (Å²) in [6.45, 7) is 9.75. The fourth-order valence-electron chi connectivity index (χ4n) is 4.54. The van der Waals surface area contributed by atoms with Crippen LogP contribution in [0.25, 0.3) is 10.9 Å². The Labute approximate surface area is 211 Å². The molecule has 2 aromatic rings. The van der Waals surface area contributed by atoms with Gasteiger partial charge in [0.05, 0.1) is 25.1 Å². The molecule has 0 aliphatic rings. The van der Waals surface area contributed by atoms with Crippen LogP contribution in [-0.2, 0) is 15.1 Å². The second-order valence-corrected chi connectivity index (χ2v) is 10.6. The van der Waals surface area contributed by atoms with Crippen molar-refractivity contribution in [1.82, 2.24) is 26.3 Å². The lowest BCUT2D eigenvalue weighted by Crippen LogP contribution is -2.64. The molecule has 1 atom stereocenters. The Morgan fingerprint density at radius 1 is 0.972 bits per heavy atom. The number of urea groups is 1. The standard InChI is InChI=1S/C26H35N7O3/c1-24(2,3)16-25(4,5)32-23(36)33-26(17-31-21(34)11-13-28,22(35)29-14-8-12-27)19-15-30-20-10-7-6-9-18(19)20/h6-7,9-10,15,30H,8,11,14,16-17H2,1-5H3,(H,29,35)(H,31,34)(H2,32,33,36). The number of carbonyl (C=O) groups is 3. The molecule has 0 bridgehead atoms. The highest BCUT2D eigenvalue weighted by Crippen LogP contribution is 2.30. The lowest BCUT2D eigenvalue weighted by atomic mass is 9.82. The summed E-state index contributed by atoms with van der Waals surface area (Å²) in [5.41, 5.74) is -1.23. The summed E-state index contributed by atoms with van der Waals surface area (Å²) in [4.78, 5) is 42.4. The van der Waals surface area contributed by atoms with E-state index < -0.39 is 35.3 Å². The highest BCUT2D eigenvalue weighted by Gasteiger charge is 2.44. The molecule has 0 radical (unpaired) electrons. The molecule has 0 saturated carbocycles. The van der Waals surface area contributed by atoms with Gasteiger partial charge in [0.15, 0.2) is 5.54 Å². The normalized spacial score (nSPS) is 13.1. The Kier molecular flexibility index (Phi) is 9.07. The van der Waals surface area contributed by atoms with Crippen LogP contribution in [0.15, 0.2) is 30.5 Å². The zero-order valence-electron chi connectivity index (χ0n) is 21.5. The van der Waals surface area contributed by atoms with Crippen molar-refractivity contribution in [2.45, 2.75) is 65.0 Å². The van der Waals surface area contributed by atoms with Crippen LogP contribution in [0.5, 0.6) is 0 Å². The molecule has 10 heteroatoms. The molecule has 5 N–H and O–H groups in total. The van der Waals surface area contributed by atoms with Gasteiger partial charge < -0.3 is 26.3 Å². The van der Waals surface area contributed by atoms with Crippen LogP contribution in [0.3, 0.4) is 0 Å². The predicted molar refractivity (Wildman–Crippen MR) is 136 cm³/mol. The first-order chi connectivity index (χ1) is 16.8. The maximum absolute atomic E-state index is 13.7. The maximum atomic E-state index is 13.7. The molecule has 1 aromatic carbocycles. The predicted octanol–water partition coefficient (Wildman–Crippen LogP) is 2.94. The van der Waals surface area contributed by atoms with E-state index in [-0.39, 0.29) is 24.9 Å². The van der Waals surface area contributed by atoms with Crippen LogP contribution in [0.2, 0.25) is 0 Å². The lowest BCUT2D eigenvalue weighted by molar-refractivity contribution is -0.128. The summed E-state index contributed by atoms with van der Waals surface area (Å²) in [5.74, 6) is -1.18. The Balaban J connectivity index is 2.55. The van der Waals surface area contributed by atoms with Gasteiger partial charge in [-0.3, -0.25) is 9.59 Å². The van der Waals surface area contributed by atoms with E-state index in [2.05, 4.69) is 47.0 Å². The highest BCUT2D eigenvalue weighted by molar-refractivity contribution is 5.98. The minimum absolute atomic E-state index is 0.0599. The van der Waals surface area contributed by atoms with E-state index in [9.17, 15) is 14.4 Å². The van der Waals surface area contributed by atoms with Gasteiger partial charge in [0, 0.05) is 34.7 Å². The molecular weight excluding hydrogens is 458 g/mol. The fourth-order valence-corrected chi connectivity index (χ4v) is 4.54.